The van der Waals surface area contributed by atoms with Crippen molar-refractivity contribution in [2.75, 3.05) is 37.7 Å². The topological polar surface area (TPSA) is 15.3 Å². The highest BCUT2D eigenvalue weighted by molar-refractivity contribution is 7.99. The van der Waals surface area contributed by atoms with Crippen molar-refractivity contribution in [1.82, 2.24) is 10.2 Å². The van der Waals surface area contributed by atoms with E-state index in [1.165, 1.54) is 56.9 Å². The van der Waals surface area contributed by atoms with Crippen molar-refractivity contribution in [3.63, 3.8) is 0 Å². The molecule has 2 nitrogen and oxygen atoms in total. The van der Waals surface area contributed by atoms with Gasteiger partial charge in [0.15, 0.2) is 0 Å². The summed E-state index contributed by atoms with van der Waals surface area (Å²) in [7, 11) is 0. The zero-order valence-electron chi connectivity index (χ0n) is 9.87. The van der Waals surface area contributed by atoms with Gasteiger partial charge in [0.1, 0.15) is 0 Å². The molecule has 2 aliphatic heterocycles. The summed E-state index contributed by atoms with van der Waals surface area (Å²) in [6, 6.07) is 0.803. The molecule has 0 aromatic heterocycles. The Morgan fingerprint density at radius 2 is 2.33 bits per heavy atom. The van der Waals surface area contributed by atoms with E-state index in [1.807, 2.05) is 0 Å². The van der Waals surface area contributed by atoms with E-state index in [2.05, 4.69) is 28.9 Å². The van der Waals surface area contributed by atoms with E-state index in [4.69, 9.17) is 0 Å². The molecule has 2 fully saturated rings. The fraction of sp³-hybridized carbons (Fsp3) is 1.00. The van der Waals surface area contributed by atoms with Gasteiger partial charge in [-0.15, -0.1) is 0 Å². The van der Waals surface area contributed by atoms with Crippen molar-refractivity contribution in [3.8, 4) is 0 Å². The molecule has 3 heteroatoms. The molecular weight excluding hydrogens is 204 g/mol. The maximum atomic E-state index is 3.68. The molecule has 2 atom stereocenters. The van der Waals surface area contributed by atoms with Crippen LogP contribution in [-0.2, 0) is 0 Å². The lowest BCUT2D eigenvalue weighted by atomic mass is 10.0. The molecule has 2 heterocycles. The third-order valence-electron chi connectivity index (χ3n) is 3.53. The van der Waals surface area contributed by atoms with Crippen LogP contribution in [0.5, 0.6) is 0 Å². The lowest BCUT2D eigenvalue weighted by Crippen LogP contribution is -2.41. The molecule has 88 valence electrons. The van der Waals surface area contributed by atoms with Gasteiger partial charge in [0, 0.05) is 31.4 Å². The van der Waals surface area contributed by atoms with Crippen LogP contribution in [0.4, 0.5) is 0 Å². The molecule has 0 aromatic carbocycles. The van der Waals surface area contributed by atoms with Gasteiger partial charge in [-0.2, -0.15) is 11.8 Å². The summed E-state index contributed by atoms with van der Waals surface area (Å²) in [4.78, 5) is 2.63. The minimum Gasteiger partial charge on any atom is -0.312 e. The largest absolute Gasteiger partial charge is 0.312 e. The Morgan fingerprint density at radius 3 is 3.07 bits per heavy atom. The quantitative estimate of drug-likeness (QED) is 0.790. The maximum Gasteiger partial charge on any atom is 0.0166 e. The van der Waals surface area contributed by atoms with Crippen molar-refractivity contribution in [1.29, 1.82) is 0 Å². The summed E-state index contributed by atoms with van der Waals surface area (Å²) in [5, 5.41) is 3.68. The van der Waals surface area contributed by atoms with Crippen LogP contribution < -0.4 is 5.32 Å². The number of hydrogen-bond donors (Lipinski definition) is 1. The van der Waals surface area contributed by atoms with Crippen molar-refractivity contribution in [2.24, 2.45) is 5.92 Å². The number of piperidine rings is 1. The molecule has 2 rings (SSSR count). The first-order valence-corrected chi connectivity index (χ1v) is 7.53. The summed E-state index contributed by atoms with van der Waals surface area (Å²) in [5.41, 5.74) is 0. The Labute approximate surface area is 98.2 Å². The van der Waals surface area contributed by atoms with Gasteiger partial charge in [-0.25, -0.2) is 0 Å². The van der Waals surface area contributed by atoms with Crippen molar-refractivity contribution in [2.45, 2.75) is 32.2 Å². The summed E-state index contributed by atoms with van der Waals surface area (Å²) < 4.78 is 0. The zero-order valence-corrected chi connectivity index (χ0v) is 10.7. The summed E-state index contributed by atoms with van der Waals surface area (Å²) >= 11 is 2.09. The lowest BCUT2D eigenvalue weighted by molar-refractivity contribution is 0.183. The Kier molecular flexibility index (Phi) is 4.79. The second-order valence-corrected chi connectivity index (χ2v) is 6.21. The highest BCUT2D eigenvalue weighted by Gasteiger charge is 2.17. The number of thioether (sulfide) groups is 1. The molecule has 0 radical (unpaired) electrons. The van der Waals surface area contributed by atoms with E-state index in [0.29, 0.717) is 0 Å². The van der Waals surface area contributed by atoms with Crippen LogP contribution in [0.15, 0.2) is 0 Å². The third-order valence-corrected chi connectivity index (χ3v) is 4.69. The SMILES string of the molecule is CC1CCCN(CCNC2CCSC2)C1. The van der Waals surface area contributed by atoms with Gasteiger partial charge in [0.25, 0.3) is 0 Å². The lowest BCUT2D eigenvalue weighted by Gasteiger charge is -2.31. The molecule has 0 aromatic rings. The van der Waals surface area contributed by atoms with Gasteiger partial charge < -0.3 is 10.2 Å². The van der Waals surface area contributed by atoms with Crippen LogP contribution in [0.2, 0.25) is 0 Å². The van der Waals surface area contributed by atoms with Crippen molar-refractivity contribution in [3.05, 3.63) is 0 Å². The number of nitrogens with one attached hydrogen (secondary N) is 1. The molecule has 0 spiro atoms. The molecule has 2 saturated heterocycles. The fourth-order valence-electron chi connectivity index (χ4n) is 2.61. The average molecular weight is 228 g/mol. The molecule has 0 bridgehead atoms. The number of nitrogens with zero attached hydrogens (tertiary/aromatic N) is 1. The summed E-state index contributed by atoms with van der Waals surface area (Å²) in [5.74, 6) is 3.61. The van der Waals surface area contributed by atoms with Crippen LogP contribution in [0.25, 0.3) is 0 Å². The highest BCUT2D eigenvalue weighted by Crippen LogP contribution is 2.17. The smallest absolute Gasteiger partial charge is 0.0166 e. The molecule has 0 saturated carbocycles. The third kappa shape index (κ3) is 3.97. The summed E-state index contributed by atoms with van der Waals surface area (Å²) in [6.45, 7) is 7.48. The zero-order chi connectivity index (χ0) is 10.5. The van der Waals surface area contributed by atoms with Gasteiger partial charge in [-0.3, -0.25) is 0 Å². The number of likely N-dealkylation sites (tertiary alicyclic amines) is 1. The molecule has 0 amide bonds. The van der Waals surface area contributed by atoms with Crippen LogP contribution in [0, 0.1) is 5.92 Å². The fourth-order valence-corrected chi connectivity index (χ4v) is 3.80. The molecule has 2 aliphatic rings. The second-order valence-electron chi connectivity index (χ2n) is 5.06. The van der Waals surface area contributed by atoms with Crippen LogP contribution >= 0.6 is 11.8 Å². The summed E-state index contributed by atoms with van der Waals surface area (Å²) in [6.07, 6.45) is 4.21. The van der Waals surface area contributed by atoms with Gasteiger partial charge in [0.05, 0.1) is 0 Å². The highest BCUT2D eigenvalue weighted by atomic mass is 32.2. The first kappa shape index (κ1) is 11.7. The van der Waals surface area contributed by atoms with E-state index in [0.717, 1.165) is 12.0 Å². The standard InChI is InChI=1S/C12H24N2S/c1-11-3-2-6-14(9-11)7-5-13-12-4-8-15-10-12/h11-13H,2-10H2,1H3. The van der Waals surface area contributed by atoms with Crippen LogP contribution in [-0.4, -0.2) is 48.6 Å². The normalized spacial score (nSPS) is 33.4. The maximum absolute atomic E-state index is 3.68. The molecule has 1 N–H and O–H groups in total. The molecule has 2 unspecified atom stereocenters. The predicted molar refractivity (Wildman–Crippen MR) is 68.6 cm³/mol. The Balaban J connectivity index is 1.56. The van der Waals surface area contributed by atoms with Gasteiger partial charge in [-0.1, -0.05) is 6.92 Å². The molecular formula is C12H24N2S. The van der Waals surface area contributed by atoms with E-state index in [-0.39, 0.29) is 0 Å². The van der Waals surface area contributed by atoms with Crippen LogP contribution in [0.1, 0.15) is 26.2 Å². The Morgan fingerprint density at radius 1 is 1.40 bits per heavy atom. The van der Waals surface area contributed by atoms with Gasteiger partial charge in [-0.05, 0) is 37.5 Å². The van der Waals surface area contributed by atoms with E-state index >= 15 is 0 Å². The Hall–Kier alpha value is 0.270. The molecule has 0 aliphatic carbocycles. The van der Waals surface area contributed by atoms with E-state index in [1.54, 1.807) is 0 Å². The number of rotatable bonds is 4. The predicted octanol–water partition coefficient (Wildman–Crippen LogP) is 1.81. The monoisotopic (exact) mass is 228 g/mol. The first-order valence-electron chi connectivity index (χ1n) is 6.38. The van der Waals surface area contributed by atoms with Crippen molar-refractivity contribution < 1.29 is 0 Å². The average Bonchev–Trinajstić information content (AvgIpc) is 2.71. The van der Waals surface area contributed by atoms with E-state index < -0.39 is 0 Å². The minimum absolute atomic E-state index is 0.803. The molecule has 15 heavy (non-hydrogen) atoms. The van der Waals surface area contributed by atoms with Gasteiger partial charge >= 0.3 is 0 Å². The second kappa shape index (κ2) is 6.12. The first-order chi connectivity index (χ1) is 7.34. The number of hydrogen-bond acceptors (Lipinski definition) is 3. The Bertz CT molecular complexity index is 180. The van der Waals surface area contributed by atoms with Crippen molar-refractivity contribution >= 4 is 11.8 Å². The van der Waals surface area contributed by atoms with E-state index in [9.17, 15) is 0 Å². The van der Waals surface area contributed by atoms with Gasteiger partial charge in [0.2, 0.25) is 0 Å². The minimum atomic E-state index is 0.803. The van der Waals surface area contributed by atoms with Crippen LogP contribution in [0.3, 0.4) is 0 Å².